The topological polar surface area (TPSA) is 87.8 Å². The van der Waals surface area contributed by atoms with Crippen LogP contribution in [0.3, 0.4) is 0 Å². The van der Waals surface area contributed by atoms with Crippen molar-refractivity contribution in [2.45, 2.75) is 32.7 Å². The quantitative estimate of drug-likeness (QED) is 0.416. The number of nitrogens with one attached hydrogen (secondary N) is 1. The van der Waals surface area contributed by atoms with Crippen LogP contribution in [0, 0.1) is 13.8 Å². The zero-order chi connectivity index (χ0) is 16.3. The first kappa shape index (κ1) is 20.2. The van der Waals surface area contributed by atoms with E-state index < -0.39 is 10.0 Å². The summed E-state index contributed by atoms with van der Waals surface area (Å²) in [5.74, 6) is 0.309. The largest absolute Gasteiger partial charge is 0.370 e. The normalized spacial score (nSPS) is 19.4. The number of aliphatic imine (C=N–C) groups is 1. The van der Waals surface area contributed by atoms with Crippen LogP contribution in [0.5, 0.6) is 0 Å². The molecule has 0 saturated carbocycles. The van der Waals surface area contributed by atoms with Gasteiger partial charge in [-0.2, -0.15) is 4.31 Å². The molecule has 0 bridgehead atoms. The van der Waals surface area contributed by atoms with Crippen LogP contribution in [0.25, 0.3) is 0 Å². The Morgan fingerprint density at radius 2 is 2.09 bits per heavy atom. The second-order valence-corrected chi connectivity index (χ2v) is 7.75. The fraction of sp³-hybridized carbons (Fsp3) is 0.533. The highest BCUT2D eigenvalue weighted by Gasteiger charge is 2.30. The second kappa shape index (κ2) is 8.29. The lowest BCUT2D eigenvalue weighted by atomic mass is 10.1. The van der Waals surface area contributed by atoms with E-state index in [-0.39, 0.29) is 30.0 Å². The van der Waals surface area contributed by atoms with E-state index in [1.807, 2.05) is 25.1 Å². The SMILES string of the molecule is Cc1ccc(NC(N)=NC[C@H]2CCCN2S(C)(=O)=O)cc1C.I. The Hall–Kier alpha value is -0.870. The van der Waals surface area contributed by atoms with Crippen molar-refractivity contribution < 1.29 is 8.42 Å². The van der Waals surface area contributed by atoms with Gasteiger partial charge in [-0.05, 0) is 49.9 Å². The molecule has 8 heteroatoms. The van der Waals surface area contributed by atoms with Gasteiger partial charge in [-0.15, -0.1) is 24.0 Å². The third-order valence-electron chi connectivity index (χ3n) is 4.00. The number of hydrogen-bond acceptors (Lipinski definition) is 3. The number of nitrogens with two attached hydrogens (primary N) is 1. The Bertz CT molecular complexity index is 676. The maximum Gasteiger partial charge on any atom is 0.211 e. The summed E-state index contributed by atoms with van der Waals surface area (Å²) in [5, 5.41) is 3.05. The minimum atomic E-state index is -3.17. The zero-order valence-electron chi connectivity index (χ0n) is 13.7. The van der Waals surface area contributed by atoms with Crippen molar-refractivity contribution in [1.82, 2.24) is 4.31 Å². The molecule has 1 fully saturated rings. The molecule has 2 rings (SSSR count). The molecule has 6 nitrogen and oxygen atoms in total. The van der Waals surface area contributed by atoms with E-state index in [0.29, 0.717) is 19.0 Å². The Balaban J connectivity index is 0.00000264. The molecule has 130 valence electrons. The van der Waals surface area contributed by atoms with E-state index in [0.717, 1.165) is 18.5 Å². The number of guanidine groups is 1. The molecule has 1 aromatic rings. The van der Waals surface area contributed by atoms with E-state index in [9.17, 15) is 8.42 Å². The van der Waals surface area contributed by atoms with E-state index in [1.54, 1.807) is 0 Å². The Labute approximate surface area is 155 Å². The van der Waals surface area contributed by atoms with Gasteiger partial charge >= 0.3 is 0 Å². The number of halogens is 1. The Morgan fingerprint density at radius 1 is 1.39 bits per heavy atom. The predicted molar refractivity (Wildman–Crippen MR) is 106 cm³/mol. The molecule has 1 saturated heterocycles. The van der Waals surface area contributed by atoms with Crippen LogP contribution in [-0.2, 0) is 10.0 Å². The van der Waals surface area contributed by atoms with Crippen LogP contribution in [0.4, 0.5) is 5.69 Å². The molecule has 1 aliphatic heterocycles. The summed E-state index contributed by atoms with van der Waals surface area (Å²) in [6, 6.07) is 5.89. The molecule has 1 aromatic carbocycles. The summed E-state index contributed by atoms with van der Waals surface area (Å²) in [6.45, 7) is 5.05. The van der Waals surface area contributed by atoms with Gasteiger partial charge in [-0.25, -0.2) is 8.42 Å². The fourth-order valence-electron chi connectivity index (χ4n) is 2.64. The minimum absolute atomic E-state index is 0. The van der Waals surface area contributed by atoms with Gasteiger partial charge < -0.3 is 11.1 Å². The number of rotatable bonds is 4. The summed E-state index contributed by atoms with van der Waals surface area (Å²) in [6.07, 6.45) is 2.94. The van der Waals surface area contributed by atoms with Crippen LogP contribution >= 0.6 is 24.0 Å². The first-order valence-electron chi connectivity index (χ1n) is 7.38. The number of benzene rings is 1. The standard InChI is InChI=1S/C15H24N4O2S.HI/c1-11-6-7-13(9-12(11)2)18-15(16)17-10-14-5-4-8-19(14)22(3,20)21;/h6-7,9,14H,4-5,8,10H2,1-3H3,(H3,16,17,18);1H/t14-;/m1./s1. The van der Waals surface area contributed by atoms with Crippen LogP contribution in [0.1, 0.15) is 24.0 Å². The van der Waals surface area contributed by atoms with Gasteiger partial charge in [0, 0.05) is 18.3 Å². The summed E-state index contributed by atoms with van der Waals surface area (Å²) in [7, 11) is -3.17. The molecule has 0 aliphatic carbocycles. The molecule has 0 spiro atoms. The van der Waals surface area contributed by atoms with Crippen LogP contribution in [-0.4, -0.2) is 44.1 Å². The highest BCUT2D eigenvalue weighted by Crippen LogP contribution is 2.20. The van der Waals surface area contributed by atoms with Crippen molar-refractivity contribution in [3.63, 3.8) is 0 Å². The van der Waals surface area contributed by atoms with Crippen molar-refractivity contribution in [2.75, 3.05) is 24.7 Å². The lowest BCUT2D eigenvalue weighted by Gasteiger charge is -2.20. The molecule has 23 heavy (non-hydrogen) atoms. The minimum Gasteiger partial charge on any atom is -0.370 e. The van der Waals surface area contributed by atoms with Crippen LogP contribution in [0.15, 0.2) is 23.2 Å². The van der Waals surface area contributed by atoms with Crippen LogP contribution in [0.2, 0.25) is 0 Å². The summed E-state index contributed by atoms with van der Waals surface area (Å²) in [4.78, 5) is 4.29. The number of aryl methyl sites for hydroxylation is 2. The average Bonchev–Trinajstić information content (AvgIpc) is 2.89. The Kier molecular flexibility index (Phi) is 7.28. The first-order valence-corrected chi connectivity index (χ1v) is 9.23. The molecule has 0 amide bonds. The smallest absolute Gasteiger partial charge is 0.211 e. The van der Waals surface area contributed by atoms with Crippen molar-refractivity contribution in [2.24, 2.45) is 10.7 Å². The van der Waals surface area contributed by atoms with E-state index in [1.165, 1.54) is 21.7 Å². The molecular weight excluding hydrogens is 427 g/mol. The first-order chi connectivity index (χ1) is 10.3. The maximum atomic E-state index is 11.7. The van der Waals surface area contributed by atoms with Gasteiger partial charge in [0.15, 0.2) is 5.96 Å². The highest BCUT2D eigenvalue weighted by molar-refractivity contribution is 14.0. The van der Waals surface area contributed by atoms with E-state index >= 15 is 0 Å². The zero-order valence-corrected chi connectivity index (χ0v) is 16.9. The monoisotopic (exact) mass is 452 g/mol. The van der Waals surface area contributed by atoms with Gasteiger partial charge in [-0.3, -0.25) is 4.99 Å². The summed E-state index contributed by atoms with van der Waals surface area (Å²) >= 11 is 0. The van der Waals surface area contributed by atoms with Crippen molar-refractivity contribution in [3.05, 3.63) is 29.3 Å². The summed E-state index contributed by atoms with van der Waals surface area (Å²) < 4.78 is 24.9. The summed E-state index contributed by atoms with van der Waals surface area (Å²) in [5.41, 5.74) is 9.18. The molecule has 1 heterocycles. The second-order valence-electron chi connectivity index (χ2n) is 5.82. The van der Waals surface area contributed by atoms with E-state index in [4.69, 9.17) is 5.73 Å². The lowest BCUT2D eigenvalue weighted by molar-refractivity contribution is 0.397. The average molecular weight is 452 g/mol. The molecule has 0 aromatic heterocycles. The molecule has 3 N–H and O–H groups in total. The third kappa shape index (κ3) is 5.61. The van der Waals surface area contributed by atoms with Gasteiger partial charge in [0.1, 0.15) is 0 Å². The predicted octanol–water partition coefficient (Wildman–Crippen LogP) is 2.07. The molecule has 1 atom stereocenters. The highest BCUT2D eigenvalue weighted by atomic mass is 127. The van der Waals surface area contributed by atoms with Gasteiger partial charge in [-0.1, -0.05) is 6.07 Å². The maximum absolute atomic E-state index is 11.7. The van der Waals surface area contributed by atoms with Gasteiger partial charge in [0.25, 0.3) is 0 Å². The lowest BCUT2D eigenvalue weighted by Crippen LogP contribution is -2.37. The van der Waals surface area contributed by atoms with E-state index in [2.05, 4.69) is 17.2 Å². The van der Waals surface area contributed by atoms with Crippen molar-refractivity contribution in [1.29, 1.82) is 0 Å². The number of anilines is 1. The molecule has 1 aliphatic rings. The number of nitrogens with zero attached hydrogens (tertiary/aromatic N) is 2. The molecule has 0 radical (unpaired) electrons. The number of sulfonamides is 1. The fourth-order valence-corrected chi connectivity index (χ4v) is 3.81. The van der Waals surface area contributed by atoms with Crippen molar-refractivity contribution >= 4 is 45.6 Å². The van der Waals surface area contributed by atoms with Crippen molar-refractivity contribution in [3.8, 4) is 0 Å². The van der Waals surface area contributed by atoms with Gasteiger partial charge in [0.05, 0.1) is 12.8 Å². The number of hydrogen-bond donors (Lipinski definition) is 2. The third-order valence-corrected chi connectivity index (χ3v) is 5.33. The van der Waals surface area contributed by atoms with Crippen LogP contribution < -0.4 is 11.1 Å². The molecular formula is C15H25IN4O2S. The molecule has 0 unspecified atom stereocenters. The van der Waals surface area contributed by atoms with Gasteiger partial charge in [0.2, 0.25) is 10.0 Å². The Morgan fingerprint density at radius 3 is 2.70 bits per heavy atom.